The normalized spacial score (nSPS) is 15.1. The van der Waals surface area contributed by atoms with Crippen LogP contribution in [-0.2, 0) is 10.3 Å². The fourth-order valence-corrected chi connectivity index (χ4v) is 3.93. The lowest BCUT2D eigenvalue weighted by molar-refractivity contribution is 0.0970. The zero-order valence-corrected chi connectivity index (χ0v) is 19.4. The average Bonchev–Trinajstić information content (AvgIpc) is 3.37. The zero-order valence-electron chi connectivity index (χ0n) is 19.4. The number of nitrogens with zero attached hydrogens (tertiary/aromatic N) is 5. The largest absolute Gasteiger partial charge is 0.493 e. The summed E-state index contributed by atoms with van der Waals surface area (Å²) in [7, 11) is -1.01. The number of anilines is 3. The van der Waals surface area contributed by atoms with Crippen LogP contribution in [0.5, 0.6) is 0 Å². The SMILES string of the molecule is Cc1noc(-c2cnc(Nc3ccc4c(n3)C(C)(C)OB4O)nc2N[C@H](CO)c2ccccc2)n1. The smallest absolute Gasteiger partial charge is 0.423 e. The Kier molecular flexibility index (Phi) is 5.93. The highest BCUT2D eigenvalue weighted by Gasteiger charge is 2.42. The molecule has 11 nitrogen and oxygen atoms in total. The van der Waals surface area contributed by atoms with Gasteiger partial charge in [-0.15, -0.1) is 0 Å². The molecule has 1 atom stereocenters. The molecule has 0 radical (unpaired) electrons. The van der Waals surface area contributed by atoms with E-state index in [2.05, 4.69) is 35.7 Å². The summed E-state index contributed by atoms with van der Waals surface area (Å²) in [5.74, 6) is 1.88. The number of aryl methyl sites for hydroxylation is 1. The minimum Gasteiger partial charge on any atom is -0.423 e. The number of pyridine rings is 1. The molecule has 0 fully saturated rings. The van der Waals surface area contributed by atoms with Crippen molar-refractivity contribution in [3.05, 3.63) is 65.7 Å². The summed E-state index contributed by atoms with van der Waals surface area (Å²) in [6.07, 6.45) is 1.56. The predicted molar refractivity (Wildman–Crippen MR) is 129 cm³/mol. The highest BCUT2D eigenvalue weighted by molar-refractivity contribution is 6.61. The molecule has 178 valence electrons. The maximum absolute atomic E-state index is 10.1. The Hall–Kier alpha value is -3.87. The summed E-state index contributed by atoms with van der Waals surface area (Å²) in [5, 5.41) is 30.4. The van der Waals surface area contributed by atoms with E-state index in [1.54, 1.807) is 25.3 Å². The van der Waals surface area contributed by atoms with Crippen molar-refractivity contribution in [2.75, 3.05) is 17.2 Å². The van der Waals surface area contributed by atoms with Crippen molar-refractivity contribution in [2.24, 2.45) is 0 Å². The van der Waals surface area contributed by atoms with Crippen molar-refractivity contribution in [3.63, 3.8) is 0 Å². The first-order valence-electron chi connectivity index (χ1n) is 11.1. The third-order valence-corrected chi connectivity index (χ3v) is 5.65. The molecule has 3 aromatic heterocycles. The van der Waals surface area contributed by atoms with Gasteiger partial charge in [0.1, 0.15) is 17.2 Å². The van der Waals surface area contributed by atoms with Gasteiger partial charge in [-0.25, -0.2) is 9.97 Å². The lowest BCUT2D eigenvalue weighted by atomic mass is 9.80. The van der Waals surface area contributed by atoms with Gasteiger partial charge in [0.05, 0.1) is 23.9 Å². The fraction of sp³-hybridized carbons (Fsp3) is 0.261. The molecular formula is C23H24BN7O4. The van der Waals surface area contributed by atoms with Gasteiger partial charge in [-0.2, -0.15) is 9.97 Å². The van der Waals surface area contributed by atoms with Gasteiger partial charge in [0, 0.05) is 11.7 Å². The van der Waals surface area contributed by atoms with Crippen LogP contribution in [0.25, 0.3) is 11.5 Å². The summed E-state index contributed by atoms with van der Waals surface area (Å²) in [6.45, 7) is 5.25. The molecule has 0 amide bonds. The van der Waals surface area contributed by atoms with E-state index in [4.69, 9.17) is 9.18 Å². The number of hydrogen-bond donors (Lipinski definition) is 4. The van der Waals surface area contributed by atoms with Crippen LogP contribution in [0.3, 0.4) is 0 Å². The van der Waals surface area contributed by atoms with E-state index < -0.39 is 18.8 Å². The lowest BCUT2D eigenvalue weighted by Gasteiger charge is -2.20. The van der Waals surface area contributed by atoms with Crippen LogP contribution < -0.4 is 16.1 Å². The van der Waals surface area contributed by atoms with Gasteiger partial charge in [-0.3, -0.25) is 0 Å². The van der Waals surface area contributed by atoms with Crippen molar-refractivity contribution in [3.8, 4) is 11.5 Å². The van der Waals surface area contributed by atoms with E-state index >= 15 is 0 Å². The maximum Gasteiger partial charge on any atom is 0.493 e. The van der Waals surface area contributed by atoms with Crippen molar-refractivity contribution in [2.45, 2.75) is 32.4 Å². The third kappa shape index (κ3) is 4.58. The van der Waals surface area contributed by atoms with Crippen molar-refractivity contribution in [1.29, 1.82) is 0 Å². The van der Waals surface area contributed by atoms with Gasteiger partial charge in [0.15, 0.2) is 5.82 Å². The predicted octanol–water partition coefficient (Wildman–Crippen LogP) is 2.07. The molecule has 4 aromatic rings. The van der Waals surface area contributed by atoms with E-state index in [1.807, 2.05) is 44.2 Å². The second kappa shape index (κ2) is 9.06. The minimum atomic E-state index is -1.01. The number of benzene rings is 1. The standard InChI is InChI=1S/C23H24BN7O4/c1-13-26-21(34-31-13)15-11-25-22(30-20(15)27-17(12-32)14-7-5-4-6-8-14)29-18-10-9-16-19(28-18)23(2,3)35-24(16)33/h4-11,17,32-33H,12H2,1-3H3,(H2,25,27,28,29,30)/t17-/m1/s1. The molecule has 1 aliphatic rings. The molecule has 35 heavy (non-hydrogen) atoms. The first-order chi connectivity index (χ1) is 16.8. The highest BCUT2D eigenvalue weighted by Crippen LogP contribution is 2.31. The van der Waals surface area contributed by atoms with Gasteiger partial charge >= 0.3 is 7.12 Å². The Morgan fingerprint density at radius 1 is 1.09 bits per heavy atom. The van der Waals surface area contributed by atoms with Gasteiger partial charge in [-0.05, 0) is 32.4 Å². The van der Waals surface area contributed by atoms with E-state index in [-0.39, 0.29) is 18.4 Å². The first-order valence-corrected chi connectivity index (χ1v) is 11.1. The highest BCUT2D eigenvalue weighted by atomic mass is 16.5. The average molecular weight is 473 g/mol. The molecular weight excluding hydrogens is 449 g/mol. The molecule has 4 heterocycles. The number of hydrogen-bond acceptors (Lipinski definition) is 11. The molecule has 12 heteroatoms. The van der Waals surface area contributed by atoms with Crippen LogP contribution in [0.2, 0.25) is 0 Å². The summed E-state index contributed by atoms with van der Waals surface area (Å²) < 4.78 is 10.9. The number of aliphatic hydroxyl groups excluding tert-OH is 1. The lowest BCUT2D eigenvalue weighted by Crippen LogP contribution is -2.28. The van der Waals surface area contributed by atoms with E-state index in [0.717, 1.165) is 5.56 Å². The summed E-state index contributed by atoms with van der Waals surface area (Å²) in [4.78, 5) is 17.9. The number of aromatic nitrogens is 5. The Morgan fingerprint density at radius 2 is 1.89 bits per heavy atom. The number of aliphatic hydroxyl groups is 1. The van der Waals surface area contributed by atoms with Crippen LogP contribution in [0.4, 0.5) is 17.6 Å². The maximum atomic E-state index is 10.1. The van der Waals surface area contributed by atoms with Crippen molar-refractivity contribution < 1.29 is 19.3 Å². The fourth-order valence-electron chi connectivity index (χ4n) is 3.93. The van der Waals surface area contributed by atoms with Gasteiger partial charge in [-0.1, -0.05) is 41.6 Å². The van der Waals surface area contributed by atoms with Gasteiger partial charge < -0.3 is 29.9 Å². The van der Waals surface area contributed by atoms with Crippen molar-refractivity contribution in [1.82, 2.24) is 25.1 Å². The molecule has 0 saturated heterocycles. The monoisotopic (exact) mass is 473 g/mol. The van der Waals surface area contributed by atoms with Crippen molar-refractivity contribution >= 4 is 30.2 Å². The molecule has 0 spiro atoms. The molecule has 1 aromatic carbocycles. The molecule has 0 saturated carbocycles. The van der Waals surface area contributed by atoms with Crippen LogP contribution in [0, 0.1) is 6.92 Å². The summed E-state index contributed by atoms with van der Waals surface area (Å²) >= 11 is 0. The van der Waals surface area contributed by atoms with E-state index in [1.165, 1.54) is 0 Å². The van der Waals surface area contributed by atoms with Crippen LogP contribution in [-0.4, -0.2) is 48.9 Å². The summed E-state index contributed by atoms with van der Waals surface area (Å²) in [5.41, 5.74) is 1.90. The molecule has 4 N–H and O–H groups in total. The number of nitrogens with one attached hydrogen (secondary N) is 2. The van der Waals surface area contributed by atoms with Gasteiger partial charge in [0.2, 0.25) is 5.95 Å². The third-order valence-electron chi connectivity index (χ3n) is 5.65. The Balaban J connectivity index is 1.49. The van der Waals surface area contributed by atoms with E-state index in [0.29, 0.717) is 34.2 Å². The van der Waals surface area contributed by atoms with Gasteiger partial charge in [0.25, 0.3) is 5.89 Å². The second-order valence-corrected chi connectivity index (χ2v) is 8.63. The summed E-state index contributed by atoms with van der Waals surface area (Å²) in [6, 6.07) is 12.6. The zero-order chi connectivity index (χ0) is 24.6. The Bertz CT molecular complexity index is 1350. The molecule has 5 rings (SSSR count). The second-order valence-electron chi connectivity index (χ2n) is 8.63. The molecule has 1 aliphatic heterocycles. The quantitative estimate of drug-likeness (QED) is 0.292. The molecule has 0 bridgehead atoms. The minimum absolute atomic E-state index is 0.164. The molecule has 0 aliphatic carbocycles. The topological polar surface area (TPSA) is 151 Å². The van der Waals surface area contributed by atoms with E-state index in [9.17, 15) is 10.1 Å². The first kappa shape index (κ1) is 22.9. The number of fused-ring (bicyclic) bond motifs is 1. The Labute approximate surface area is 201 Å². The molecule has 0 unspecified atom stereocenters. The number of rotatable bonds is 7. The van der Waals surface area contributed by atoms with Crippen LogP contribution >= 0.6 is 0 Å². The van der Waals surface area contributed by atoms with Crippen LogP contribution in [0.1, 0.15) is 37.0 Å². The Morgan fingerprint density at radius 3 is 2.60 bits per heavy atom. The van der Waals surface area contributed by atoms with Crippen LogP contribution in [0.15, 0.2) is 53.2 Å².